The van der Waals surface area contributed by atoms with Crippen molar-refractivity contribution in [2.45, 2.75) is 70.4 Å². The minimum atomic E-state index is -1.33. The van der Waals surface area contributed by atoms with Gasteiger partial charge in [0.05, 0.1) is 36.7 Å². The number of benzene rings is 1. The van der Waals surface area contributed by atoms with Crippen LogP contribution in [0, 0.1) is 11.8 Å². The molecule has 0 saturated carbocycles. The Morgan fingerprint density at radius 2 is 1.69 bits per heavy atom. The molecule has 1 aromatic rings. The maximum atomic E-state index is 14.4. The Labute approximate surface area is 230 Å². The third-order valence-electron chi connectivity index (χ3n) is 8.68. The van der Waals surface area contributed by atoms with E-state index in [0.29, 0.717) is 37.6 Å². The van der Waals surface area contributed by atoms with Crippen molar-refractivity contribution in [3.8, 4) is 5.75 Å². The van der Waals surface area contributed by atoms with Crippen LogP contribution in [-0.4, -0.2) is 88.3 Å². The first-order valence-electron chi connectivity index (χ1n) is 14.0. The van der Waals surface area contributed by atoms with Crippen LogP contribution in [0.25, 0.3) is 0 Å². The van der Waals surface area contributed by atoms with E-state index in [-0.39, 0.29) is 30.4 Å². The van der Waals surface area contributed by atoms with Crippen LogP contribution in [0.3, 0.4) is 0 Å². The van der Waals surface area contributed by atoms with Gasteiger partial charge in [-0.1, -0.05) is 31.2 Å². The van der Waals surface area contributed by atoms with Crippen molar-refractivity contribution in [3.05, 3.63) is 48.6 Å². The molecule has 4 aliphatic rings. The van der Waals surface area contributed by atoms with Crippen LogP contribution < -0.4 is 9.64 Å². The number of aliphatic hydroxyl groups is 1. The highest BCUT2D eigenvalue weighted by atomic mass is 16.5. The van der Waals surface area contributed by atoms with Crippen molar-refractivity contribution in [3.63, 3.8) is 0 Å². The van der Waals surface area contributed by atoms with E-state index < -0.39 is 35.1 Å². The second-order valence-corrected chi connectivity index (χ2v) is 11.3. The summed E-state index contributed by atoms with van der Waals surface area (Å²) >= 11 is 0. The van der Waals surface area contributed by atoms with Crippen LogP contribution in [-0.2, 0) is 19.1 Å². The number of carbonyl (C=O) groups is 3. The molecule has 4 heterocycles. The van der Waals surface area contributed by atoms with Crippen molar-refractivity contribution < 1.29 is 29.0 Å². The number of amides is 3. The van der Waals surface area contributed by atoms with Crippen molar-refractivity contribution >= 4 is 23.4 Å². The molecule has 9 heteroatoms. The normalized spacial score (nSPS) is 32.7. The zero-order valence-electron chi connectivity index (χ0n) is 23.4. The van der Waals surface area contributed by atoms with Crippen molar-refractivity contribution in [1.82, 2.24) is 9.80 Å². The van der Waals surface area contributed by atoms with Crippen LogP contribution >= 0.6 is 0 Å². The standard InChI is InChI=1S/C30H39N3O6/c1-6-20(18-34)33-25-28(37)31(19(3)4)16-9-15-30(25)24(27(33)36)23-26(35)32(17-8-14-29(23,5)39-30)21-10-12-22(13-11-21)38-7-2/h8-15,19-20,23-25,34H,6-7,16-18H2,1-5H3/t20-,23+,24-,25?,29-,30-/m0/s1. The molecule has 6 atom stereocenters. The predicted octanol–water partition coefficient (Wildman–Crippen LogP) is 2.54. The maximum Gasteiger partial charge on any atom is 0.249 e. The summed E-state index contributed by atoms with van der Waals surface area (Å²) in [6.45, 7) is 10.5. The maximum absolute atomic E-state index is 14.4. The number of fused-ring (bicyclic) bond motifs is 2. The van der Waals surface area contributed by atoms with Crippen molar-refractivity contribution in [2.75, 3.05) is 31.2 Å². The topological polar surface area (TPSA) is 99.6 Å². The summed E-state index contributed by atoms with van der Waals surface area (Å²) in [7, 11) is 0. The number of aliphatic hydroxyl groups excluding tert-OH is 1. The minimum absolute atomic E-state index is 0.0957. The molecule has 1 unspecified atom stereocenters. The fraction of sp³-hybridized carbons (Fsp3) is 0.567. The summed E-state index contributed by atoms with van der Waals surface area (Å²) in [4.78, 5) is 47.8. The third kappa shape index (κ3) is 4.09. The lowest BCUT2D eigenvalue weighted by Crippen LogP contribution is -2.59. The molecule has 2 fully saturated rings. The Kier molecular flexibility index (Phi) is 7.09. The second kappa shape index (κ2) is 10.1. The van der Waals surface area contributed by atoms with Crippen LogP contribution in [0.5, 0.6) is 5.75 Å². The van der Waals surface area contributed by atoms with Gasteiger partial charge in [-0.2, -0.15) is 0 Å². The number of hydrogen-bond acceptors (Lipinski definition) is 6. The fourth-order valence-electron chi connectivity index (χ4n) is 6.87. The number of ether oxygens (including phenoxy) is 2. The Hall–Kier alpha value is -3.17. The Morgan fingerprint density at radius 1 is 1.00 bits per heavy atom. The summed E-state index contributed by atoms with van der Waals surface area (Å²) < 4.78 is 12.4. The highest BCUT2D eigenvalue weighted by molar-refractivity contribution is 6.04. The van der Waals surface area contributed by atoms with E-state index in [1.54, 1.807) is 9.80 Å². The lowest BCUT2D eigenvalue weighted by molar-refractivity contribution is -0.155. The predicted molar refractivity (Wildman–Crippen MR) is 146 cm³/mol. The van der Waals surface area contributed by atoms with Gasteiger partial charge in [0.1, 0.15) is 17.4 Å². The van der Waals surface area contributed by atoms with Gasteiger partial charge in [-0.15, -0.1) is 0 Å². The van der Waals surface area contributed by atoms with Gasteiger partial charge in [0.15, 0.2) is 0 Å². The first-order valence-corrected chi connectivity index (χ1v) is 14.0. The molecule has 1 N–H and O–H groups in total. The van der Waals surface area contributed by atoms with Gasteiger partial charge in [-0.05, 0) is 58.4 Å². The van der Waals surface area contributed by atoms with Gasteiger partial charge in [0, 0.05) is 24.8 Å². The average molecular weight is 538 g/mol. The second-order valence-electron chi connectivity index (χ2n) is 11.3. The molecule has 9 nitrogen and oxygen atoms in total. The van der Waals surface area contributed by atoms with E-state index >= 15 is 0 Å². The number of hydrogen-bond donors (Lipinski definition) is 1. The Balaban J connectivity index is 1.62. The lowest BCUT2D eigenvalue weighted by Gasteiger charge is -2.40. The zero-order valence-corrected chi connectivity index (χ0v) is 23.4. The molecule has 0 aliphatic carbocycles. The molecule has 2 saturated heterocycles. The molecular formula is C30H39N3O6. The van der Waals surface area contributed by atoms with Crippen LogP contribution in [0.15, 0.2) is 48.6 Å². The zero-order chi connectivity index (χ0) is 28.1. The molecule has 0 aromatic heterocycles. The molecule has 4 aliphatic heterocycles. The lowest BCUT2D eigenvalue weighted by atomic mass is 9.74. The number of likely N-dealkylation sites (tertiary alicyclic amines) is 1. The van der Waals surface area contributed by atoms with Gasteiger partial charge < -0.3 is 29.3 Å². The molecular weight excluding hydrogens is 498 g/mol. The molecule has 3 amide bonds. The molecule has 5 rings (SSSR count). The van der Waals surface area contributed by atoms with Crippen molar-refractivity contribution in [2.24, 2.45) is 11.8 Å². The molecule has 1 spiro atoms. The van der Waals surface area contributed by atoms with E-state index in [2.05, 4.69) is 0 Å². The monoisotopic (exact) mass is 537 g/mol. The quantitative estimate of drug-likeness (QED) is 0.537. The van der Waals surface area contributed by atoms with E-state index in [4.69, 9.17) is 9.47 Å². The largest absolute Gasteiger partial charge is 0.494 e. The summed E-state index contributed by atoms with van der Waals surface area (Å²) in [6.07, 6.45) is 7.96. The van der Waals surface area contributed by atoms with E-state index in [9.17, 15) is 19.5 Å². The summed E-state index contributed by atoms with van der Waals surface area (Å²) in [5, 5.41) is 10.2. The van der Waals surface area contributed by atoms with Gasteiger partial charge in [-0.3, -0.25) is 14.4 Å². The van der Waals surface area contributed by atoms with E-state index in [1.807, 2.05) is 83.2 Å². The molecule has 0 radical (unpaired) electrons. The van der Waals surface area contributed by atoms with Gasteiger partial charge >= 0.3 is 0 Å². The Bertz CT molecular complexity index is 1190. The summed E-state index contributed by atoms with van der Waals surface area (Å²) in [6, 6.07) is 5.69. The fourth-order valence-corrected chi connectivity index (χ4v) is 6.87. The number of rotatable bonds is 7. The van der Waals surface area contributed by atoms with E-state index in [0.717, 1.165) is 0 Å². The molecule has 1 aromatic carbocycles. The van der Waals surface area contributed by atoms with Gasteiger partial charge in [-0.25, -0.2) is 0 Å². The number of nitrogens with zero attached hydrogens (tertiary/aromatic N) is 3. The third-order valence-corrected chi connectivity index (χ3v) is 8.68. The van der Waals surface area contributed by atoms with Crippen LogP contribution in [0.4, 0.5) is 5.69 Å². The van der Waals surface area contributed by atoms with Crippen molar-refractivity contribution in [1.29, 1.82) is 0 Å². The summed E-state index contributed by atoms with van der Waals surface area (Å²) in [5.41, 5.74) is -1.74. The average Bonchev–Trinajstić information content (AvgIpc) is 3.17. The number of anilines is 1. The molecule has 39 heavy (non-hydrogen) atoms. The first-order chi connectivity index (χ1) is 18.6. The van der Waals surface area contributed by atoms with Crippen LogP contribution in [0.2, 0.25) is 0 Å². The summed E-state index contributed by atoms with van der Waals surface area (Å²) in [5.74, 6) is -1.85. The first kappa shape index (κ1) is 27.4. The number of carbonyl (C=O) groups excluding carboxylic acids is 3. The highest BCUT2D eigenvalue weighted by Gasteiger charge is 2.75. The van der Waals surface area contributed by atoms with Crippen LogP contribution in [0.1, 0.15) is 41.0 Å². The molecule has 0 bridgehead atoms. The Morgan fingerprint density at radius 3 is 2.31 bits per heavy atom. The SMILES string of the molecule is CCOc1ccc(N2CC=C[C@]3(C)O[C@]45C=CCN(C(C)C)C(=O)C4N([C@@H](CC)CO)C(=O)[C@@H]5[C@@H]3C2=O)cc1. The van der Waals surface area contributed by atoms with E-state index in [1.165, 1.54) is 4.90 Å². The smallest absolute Gasteiger partial charge is 0.249 e. The highest BCUT2D eigenvalue weighted by Crippen LogP contribution is 2.58. The van der Waals surface area contributed by atoms with Gasteiger partial charge in [0.25, 0.3) is 0 Å². The van der Waals surface area contributed by atoms with Gasteiger partial charge in [0.2, 0.25) is 17.7 Å². The molecule has 210 valence electrons. The minimum Gasteiger partial charge on any atom is -0.494 e.